The van der Waals surface area contributed by atoms with E-state index in [1.807, 2.05) is 25.5 Å². The number of nitrogens with zero attached hydrogens (tertiary/aromatic N) is 2. The molecule has 0 radical (unpaired) electrons. The summed E-state index contributed by atoms with van der Waals surface area (Å²) in [5, 5.41) is 0. The van der Waals surface area contributed by atoms with E-state index in [1.165, 1.54) is 22.3 Å². The van der Waals surface area contributed by atoms with E-state index in [9.17, 15) is 0 Å². The molecule has 4 aromatic rings. The highest BCUT2D eigenvalue weighted by Gasteiger charge is 2.11. The van der Waals surface area contributed by atoms with Crippen LogP contribution in [0, 0.1) is 0 Å². The first-order valence-electron chi connectivity index (χ1n) is 7.39. The summed E-state index contributed by atoms with van der Waals surface area (Å²) in [6, 6.07) is 25.4. The van der Waals surface area contributed by atoms with Crippen LogP contribution in [0.1, 0.15) is 0 Å². The van der Waals surface area contributed by atoms with Crippen molar-refractivity contribution in [1.82, 2.24) is 9.55 Å². The van der Waals surface area contributed by atoms with Crippen molar-refractivity contribution < 1.29 is 0 Å². The Bertz CT molecular complexity index is 922. The molecule has 0 fully saturated rings. The quantitative estimate of drug-likeness (QED) is 0.511. The fourth-order valence-corrected chi connectivity index (χ4v) is 2.89. The van der Waals surface area contributed by atoms with Crippen molar-refractivity contribution in [2.45, 2.75) is 0 Å². The maximum Gasteiger partial charge on any atom is 0.0955 e. The Labute approximate surface area is 129 Å². The van der Waals surface area contributed by atoms with Crippen LogP contribution in [0.4, 0.5) is 0 Å². The molecule has 2 nitrogen and oxygen atoms in total. The van der Waals surface area contributed by atoms with Gasteiger partial charge >= 0.3 is 0 Å². The van der Waals surface area contributed by atoms with Crippen LogP contribution in [0.2, 0.25) is 0 Å². The first-order valence-corrected chi connectivity index (χ1v) is 7.39. The molecule has 0 N–H and O–H groups in total. The summed E-state index contributed by atoms with van der Waals surface area (Å²) in [6.45, 7) is 0. The standard InChI is InChI=1S/C20H16N2/c1-22-14-21-19-12-17(15-8-4-2-5-9-15)18(13-20(19)22)16-10-6-3-7-11-16/h2-14H,1H3. The number of hydrogen-bond acceptors (Lipinski definition) is 1. The number of fused-ring (bicyclic) bond motifs is 1. The third kappa shape index (κ3) is 2.09. The molecule has 106 valence electrons. The van der Waals surface area contributed by atoms with Crippen LogP contribution >= 0.6 is 0 Å². The van der Waals surface area contributed by atoms with Crippen LogP contribution in [-0.4, -0.2) is 9.55 Å². The maximum atomic E-state index is 4.50. The first kappa shape index (κ1) is 12.8. The molecule has 2 heteroatoms. The van der Waals surface area contributed by atoms with Gasteiger partial charge < -0.3 is 4.57 Å². The zero-order valence-corrected chi connectivity index (χ0v) is 12.4. The number of benzene rings is 3. The molecule has 0 unspecified atom stereocenters. The Morgan fingerprint density at radius 3 is 1.86 bits per heavy atom. The Hall–Kier alpha value is -2.87. The minimum absolute atomic E-state index is 1.03. The minimum atomic E-state index is 1.03. The summed E-state index contributed by atoms with van der Waals surface area (Å²) < 4.78 is 2.07. The predicted molar refractivity (Wildman–Crippen MR) is 91.6 cm³/mol. The van der Waals surface area contributed by atoms with E-state index in [2.05, 4.69) is 70.2 Å². The van der Waals surface area contributed by atoms with E-state index in [0.717, 1.165) is 11.0 Å². The lowest BCUT2D eigenvalue weighted by Crippen LogP contribution is -1.89. The summed E-state index contributed by atoms with van der Waals surface area (Å²) in [7, 11) is 2.03. The van der Waals surface area contributed by atoms with Gasteiger partial charge in [0.2, 0.25) is 0 Å². The molecule has 1 heterocycles. The van der Waals surface area contributed by atoms with Crippen molar-refractivity contribution in [3.8, 4) is 22.3 Å². The number of aromatic nitrogens is 2. The SMILES string of the molecule is Cn1cnc2cc(-c3ccccc3)c(-c3ccccc3)cc21. The van der Waals surface area contributed by atoms with Crippen LogP contribution in [0.5, 0.6) is 0 Å². The second-order valence-corrected chi connectivity index (χ2v) is 5.47. The highest BCUT2D eigenvalue weighted by atomic mass is 15.0. The Morgan fingerprint density at radius 2 is 1.27 bits per heavy atom. The molecular formula is C20H16N2. The van der Waals surface area contributed by atoms with Crippen molar-refractivity contribution in [3.63, 3.8) is 0 Å². The van der Waals surface area contributed by atoms with Crippen LogP contribution in [-0.2, 0) is 7.05 Å². The van der Waals surface area contributed by atoms with E-state index in [0.29, 0.717) is 0 Å². The van der Waals surface area contributed by atoms with Crippen molar-refractivity contribution in [3.05, 3.63) is 79.1 Å². The fraction of sp³-hybridized carbons (Fsp3) is 0.0500. The molecule has 0 spiro atoms. The summed E-state index contributed by atoms with van der Waals surface area (Å²) in [5.74, 6) is 0. The molecule has 3 aromatic carbocycles. The maximum absolute atomic E-state index is 4.50. The van der Waals surface area contributed by atoms with Crippen molar-refractivity contribution in [1.29, 1.82) is 0 Å². The van der Waals surface area contributed by atoms with Gasteiger partial charge in [0.25, 0.3) is 0 Å². The lowest BCUT2D eigenvalue weighted by Gasteiger charge is -2.11. The Morgan fingerprint density at radius 1 is 0.727 bits per heavy atom. The van der Waals surface area contributed by atoms with Gasteiger partial charge in [-0.2, -0.15) is 0 Å². The number of rotatable bonds is 2. The van der Waals surface area contributed by atoms with Gasteiger partial charge in [0, 0.05) is 7.05 Å². The van der Waals surface area contributed by atoms with Gasteiger partial charge in [0.05, 0.1) is 17.4 Å². The molecule has 0 aliphatic carbocycles. The third-order valence-electron chi connectivity index (χ3n) is 4.03. The number of hydrogen-bond donors (Lipinski definition) is 0. The average molecular weight is 284 g/mol. The highest BCUT2D eigenvalue weighted by Crippen LogP contribution is 2.35. The largest absolute Gasteiger partial charge is 0.334 e. The van der Waals surface area contributed by atoms with E-state index in [1.54, 1.807) is 0 Å². The molecule has 4 rings (SSSR count). The topological polar surface area (TPSA) is 17.8 Å². The predicted octanol–water partition coefficient (Wildman–Crippen LogP) is 4.91. The first-order chi connectivity index (χ1) is 10.8. The van der Waals surface area contributed by atoms with E-state index >= 15 is 0 Å². The summed E-state index contributed by atoms with van der Waals surface area (Å²) >= 11 is 0. The molecule has 0 saturated heterocycles. The van der Waals surface area contributed by atoms with Gasteiger partial charge in [-0.15, -0.1) is 0 Å². The summed E-state index contributed by atoms with van der Waals surface area (Å²) in [4.78, 5) is 4.50. The second kappa shape index (κ2) is 5.15. The molecule has 22 heavy (non-hydrogen) atoms. The molecule has 0 bridgehead atoms. The third-order valence-corrected chi connectivity index (χ3v) is 4.03. The van der Waals surface area contributed by atoms with Gasteiger partial charge in [0.15, 0.2) is 0 Å². The fourth-order valence-electron chi connectivity index (χ4n) is 2.89. The normalized spacial score (nSPS) is 11.0. The van der Waals surface area contributed by atoms with Crippen molar-refractivity contribution in [2.75, 3.05) is 0 Å². The lowest BCUT2D eigenvalue weighted by molar-refractivity contribution is 0.948. The van der Waals surface area contributed by atoms with Gasteiger partial charge in [-0.05, 0) is 34.4 Å². The smallest absolute Gasteiger partial charge is 0.0955 e. The van der Waals surface area contributed by atoms with E-state index < -0.39 is 0 Å². The monoisotopic (exact) mass is 284 g/mol. The van der Waals surface area contributed by atoms with Gasteiger partial charge in [0.1, 0.15) is 0 Å². The summed E-state index contributed by atoms with van der Waals surface area (Å²) in [5.41, 5.74) is 7.08. The zero-order chi connectivity index (χ0) is 14.9. The molecular weight excluding hydrogens is 268 g/mol. The Balaban J connectivity index is 2.05. The zero-order valence-electron chi connectivity index (χ0n) is 12.4. The average Bonchev–Trinajstić information content (AvgIpc) is 2.96. The molecule has 0 amide bonds. The number of aryl methyl sites for hydroxylation is 1. The molecule has 0 saturated carbocycles. The highest BCUT2D eigenvalue weighted by molar-refractivity contribution is 5.93. The minimum Gasteiger partial charge on any atom is -0.334 e. The van der Waals surface area contributed by atoms with Crippen LogP contribution in [0.25, 0.3) is 33.3 Å². The summed E-state index contributed by atoms with van der Waals surface area (Å²) in [6.07, 6.45) is 1.87. The molecule has 0 atom stereocenters. The molecule has 1 aromatic heterocycles. The van der Waals surface area contributed by atoms with Gasteiger partial charge in [-0.1, -0.05) is 60.7 Å². The molecule has 0 aliphatic heterocycles. The van der Waals surface area contributed by atoms with Crippen LogP contribution in [0.15, 0.2) is 79.1 Å². The van der Waals surface area contributed by atoms with Crippen LogP contribution in [0.3, 0.4) is 0 Å². The van der Waals surface area contributed by atoms with E-state index in [-0.39, 0.29) is 0 Å². The van der Waals surface area contributed by atoms with Crippen LogP contribution < -0.4 is 0 Å². The van der Waals surface area contributed by atoms with Crippen molar-refractivity contribution >= 4 is 11.0 Å². The number of imidazole rings is 1. The van der Waals surface area contributed by atoms with Gasteiger partial charge in [-0.3, -0.25) is 0 Å². The second-order valence-electron chi connectivity index (χ2n) is 5.47. The molecule has 0 aliphatic rings. The Kier molecular flexibility index (Phi) is 3.01. The van der Waals surface area contributed by atoms with Gasteiger partial charge in [-0.25, -0.2) is 4.98 Å². The lowest BCUT2D eigenvalue weighted by atomic mass is 9.94. The van der Waals surface area contributed by atoms with Crippen molar-refractivity contribution in [2.24, 2.45) is 7.05 Å². The van der Waals surface area contributed by atoms with E-state index in [4.69, 9.17) is 0 Å².